The Labute approximate surface area is 446 Å². The summed E-state index contributed by atoms with van der Waals surface area (Å²) >= 11 is 0. The molecule has 10 heteroatoms. The highest BCUT2D eigenvalue weighted by atomic mass is 28.4. The summed E-state index contributed by atoms with van der Waals surface area (Å²) < 4.78 is 0. The Kier molecular flexibility index (Phi) is 16.4. The number of hydrogen-bond donors (Lipinski definition) is 0. The molecule has 1 aliphatic carbocycles. The van der Waals surface area contributed by atoms with Gasteiger partial charge in [-0.25, -0.2) is 0 Å². The van der Waals surface area contributed by atoms with E-state index in [2.05, 4.69) is 252 Å². The third-order valence-corrected chi connectivity index (χ3v) is 43.9. The van der Waals surface area contributed by atoms with Crippen molar-refractivity contribution in [1.82, 2.24) is 0 Å². The third kappa shape index (κ3) is 10.1. The topological polar surface area (TPSA) is 0 Å². The first kappa shape index (κ1) is 61.9. The minimum atomic E-state index is -3.49. The first-order valence-electron chi connectivity index (χ1n) is 27.6. The third-order valence-electron chi connectivity index (χ3n) is 17.1. The second-order valence-corrected chi connectivity index (χ2v) is 81.6. The summed E-state index contributed by atoms with van der Waals surface area (Å²) in [6, 6.07) is 0. The van der Waals surface area contributed by atoms with E-state index in [4.69, 9.17) is 0 Å². The van der Waals surface area contributed by atoms with E-state index >= 15 is 0 Å². The molecule has 1 aliphatic rings. The van der Waals surface area contributed by atoms with Gasteiger partial charge in [-0.2, -0.15) is 0 Å². The average Bonchev–Trinajstić information content (AvgIpc) is 3.27. The van der Waals surface area contributed by atoms with Crippen LogP contribution in [-0.4, -0.2) is 80.7 Å². The maximum atomic E-state index is 2.98. The summed E-state index contributed by atoms with van der Waals surface area (Å²) in [7, 11) is -21.9. The number of rotatable bonds is 13. The van der Waals surface area contributed by atoms with Crippen LogP contribution in [0.3, 0.4) is 0 Å². The monoisotopic (exact) mass is 1110 g/mol. The van der Waals surface area contributed by atoms with Crippen LogP contribution in [0.2, 0.25) is 182 Å². The fourth-order valence-electron chi connectivity index (χ4n) is 15.8. The lowest BCUT2D eigenvalue weighted by Gasteiger charge is -2.56. The van der Waals surface area contributed by atoms with E-state index in [1.54, 1.807) is 60.1 Å². The molecule has 0 spiro atoms. The molecule has 3 aromatic rings. The van der Waals surface area contributed by atoms with Crippen molar-refractivity contribution >= 4 is 143 Å². The van der Waals surface area contributed by atoms with Crippen molar-refractivity contribution in [2.45, 2.75) is 251 Å². The molecule has 0 heterocycles. The van der Waals surface area contributed by atoms with Gasteiger partial charge in [0.2, 0.25) is 0 Å². The molecule has 0 saturated carbocycles. The molecule has 0 aromatic heterocycles. The van der Waals surface area contributed by atoms with Crippen LogP contribution >= 0.6 is 0 Å². The fourth-order valence-corrected chi connectivity index (χ4v) is 55.3. The van der Waals surface area contributed by atoms with Gasteiger partial charge in [0.05, 0.1) is 72.7 Å². The summed E-state index contributed by atoms with van der Waals surface area (Å²) in [6.45, 7) is 101. The van der Waals surface area contributed by atoms with E-state index in [9.17, 15) is 0 Å². The quantitative estimate of drug-likeness (QED) is 0.118. The summed E-state index contributed by atoms with van der Waals surface area (Å²) in [5.41, 5.74) is 15.0. The van der Waals surface area contributed by atoms with Gasteiger partial charge in [0.15, 0.2) is 8.07 Å². The molecule has 0 aliphatic heterocycles. The standard InChI is InChI=1S/C60H112Si10/c1-39-38-60(10,47(9)40(39)2)70(54-44(6)48(61(11,12)13)41(3)51(64(20,21)22)57(54)67(29,30)31,55-45(7)49(62(14,15)16)42(4)52(65(23,24)25)58(55)68(32,33)34)56-46(8)50(63(17,18)19)43(5)53(66(26,27)28)59(56)69(35,36)37/h38H,1-37H3. The molecular weight excluding hydrogens is 1000 g/mol. The van der Waals surface area contributed by atoms with E-state index in [0.29, 0.717) is 0 Å². The molecule has 0 bridgehead atoms. The number of allylic oxidation sites excluding steroid dienone is 4. The summed E-state index contributed by atoms with van der Waals surface area (Å²) in [5, 5.41) is 22.2. The molecule has 1 unspecified atom stereocenters. The van der Waals surface area contributed by atoms with Crippen molar-refractivity contribution < 1.29 is 0 Å². The van der Waals surface area contributed by atoms with Crippen LogP contribution in [0.15, 0.2) is 22.8 Å². The number of hydrogen-bond acceptors (Lipinski definition) is 0. The Bertz CT molecular complexity index is 2430. The average molecular weight is 1110 g/mol. The molecule has 70 heavy (non-hydrogen) atoms. The minimum Gasteiger partial charge on any atom is -0.0730 e. The van der Waals surface area contributed by atoms with Crippen LogP contribution < -0.4 is 62.2 Å². The highest BCUT2D eigenvalue weighted by Crippen LogP contribution is 2.53. The molecule has 0 nitrogen and oxygen atoms in total. The van der Waals surface area contributed by atoms with Gasteiger partial charge in [0.1, 0.15) is 0 Å². The lowest BCUT2D eigenvalue weighted by atomic mass is 10.0. The van der Waals surface area contributed by atoms with Gasteiger partial charge in [-0.1, -0.05) is 281 Å². The second kappa shape index (κ2) is 18.5. The summed E-state index contributed by atoms with van der Waals surface area (Å²) in [5.74, 6) is 0. The van der Waals surface area contributed by atoms with Gasteiger partial charge in [-0.3, -0.25) is 0 Å². The minimum absolute atomic E-state index is 0.229. The Hall–Kier alpha value is -0.691. The van der Waals surface area contributed by atoms with Crippen molar-refractivity contribution in [2.24, 2.45) is 0 Å². The lowest BCUT2D eigenvalue weighted by molar-refractivity contribution is 0.870. The molecule has 4 rings (SSSR count). The van der Waals surface area contributed by atoms with Crippen LogP contribution in [0.4, 0.5) is 0 Å². The molecule has 0 radical (unpaired) electrons. The predicted molar refractivity (Wildman–Crippen MR) is 360 cm³/mol. The molecule has 0 saturated heterocycles. The zero-order valence-electron chi connectivity index (χ0n) is 53.6. The first-order chi connectivity index (χ1) is 30.6. The Balaban J connectivity index is 3.19. The van der Waals surface area contributed by atoms with Crippen molar-refractivity contribution in [3.8, 4) is 0 Å². The van der Waals surface area contributed by atoms with Crippen LogP contribution in [0.1, 0.15) is 61.1 Å². The first-order valence-corrected chi connectivity index (χ1v) is 61.1. The largest absolute Gasteiger partial charge is 0.162 e. The summed E-state index contributed by atoms with van der Waals surface area (Å²) in [6.07, 6.45) is 2.98. The van der Waals surface area contributed by atoms with Crippen molar-refractivity contribution in [1.29, 1.82) is 0 Å². The van der Waals surface area contributed by atoms with Crippen LogP contribution in [0.5, 0.6) is 0 Å². The maximum Gasteiger partial charge on any atom is 0.162 e. The molecule has 0 N–H and O–H groups in total. The molecule has 0 amide bonds. The maximum absolute atomic E-state index is 3.49. The van der Waals surface area contributed by atoms with Crippen molar-refractivity contribution in [2.75, 3.05) is 0 Å². The highest BCUT2D eigenvalue weighted by Gasteiger charge is 2.64. The van der Waals surface area contributed by atoms with E-state index in [0.717, 1.165) is 0 Å². The van der Waals surface area contributed by atoms with Gasteiger partial charge in [-0.05, 0) is 83.4 Å². The molecule has 392 valence electrons. The molecule has 3 aromatic carbocycles. The molecule has 1 atom stereocenters. The van der Waals surface area contributed by atoms with Crippen LogP contribution in [0, 0.1) is 41.5 Å². The van der Waals surface area contributed by atoms with E-state index in [1.807, 2.05) is 46.7 Å². The number of benzene rings is 3. The van der Waals surface area contributed by atoms with Gasteiger partial charge in [0.25, 0.3) is 0 Å². The van der Waals surface area contributed by atoms with E-state index < -0.39 is 80.7 Å². The predicted octanol–water partition coefficient (Wildman–Crippen LogP) is 12.0. The lowest BCUT2D eigenvalue weighted by Crippen LogP contribution is -2.90. The van der Waals surface area contributed by atoms with E-state index in [-0.39, 0.29) is 5.04 Å². The van der Waals surface area contributed by atoms with Gasteiger partial charge in [-0.15, -0.1) is 0 Å². The van der Waals surface area contributed by atoms with Crippen molar-refractivity contribution in [3.05, 3.63) is 56.2 Å². The zero-order valence-corrected chi connectivity index (χ0v) is 63.6. The van der Waals surface area contributed by atoms with Crippen LogP contribution in [-0.2, 0) is 0 Å². The van der Waals surface area contributed by atoms with Gasteiger partial charge in [0, 0.05) is 5.04 Å². The van der Waals surface area contributed by atoms with Gasteiger partial charge >= 0.3 is 0 Å². The second-order valence-electron chi connectivity index (χ2n) is 32.5. The normalized spacial score (nSPS) is 17.6. The zero-order chi connectivity index (χ0) is 55.3. The fraction of sp³-hybridized carbons (Fsp3) is 0.633. The Morgan fingerprint density at radius 3 is 0.557 bits per heavy atom. The van der Waals surface area contributed by atoms with Crippen molar-refractivity contribution in [3.63, 3.8) is 0 Å². The SMILES string of the molecule is CC1=CC(C)([Si](c2c(C)c([Si](C)(C)C)c(C)c([Si](C)(C)C)c2[Si](C)(C)C)(c2c(C)c([Si](C)(C)C)c(C)c([Si](C)(C)C)c2[Si](C)(C)C)c2c(C)c([Si](C)(C)C)c(C)c([Si](C)(C)C)c2[Si](C)(C)C)C(C)=C1C. The van der Waals surface area contributed by atoms with Gasteiger partial charge < -0.3 is 0 Å². The Morgan fingerprint density at radius 2 is 0.414 bits per heavy atom. The van der Waals surface area contributed by atoms with Crippen LogP contribution in [0.25, 0.3) is 0 Å². The molecule has 0 fully saturated rings. The summed E-state index contributed by atoms with van der Waals surface area (Å²) in [4.78, 5) is 0. The Morgan fingerprint density at radius 1 is 0.243 bits per heavy atom. The van der Waals surface area contributed by atoms with E-state index in [1.165, 1.54) is 5.57 Å². The molecular formula is C60H112Si10. The highest BCUT2D eigenvalue weighted by molar-refractivity contribution is 7.24. The smallest absolute Gasteiger partial charge is 0.0730 e.